The normalized spacial score (nSPS) is 12.2. The molecule has 0 aliphatic heterocycles. The summed E-state index contributed by atoms with van der Waals surface area (Å²) >= 11 is 1.24. The Morgan fingerprint density at radius 1 is 1.41 bits per heavy atom. The highest BCUT2D eigenvalue weighted by molar-refractivity contribution is 8.00. The Kier molecular flexibility index (Phi) is 5.18. The lowest BCUT2D eigenvalue weighted by Crippen LogP contribution is -2.15. The standard InChI is InChI=1S/C15H17F2N3OS/c1-8-15(9(2)20-19-8)18-14(21)7-22-10(3)12-6-11(16)4-5-13(12)17/h4-6,10H,7H2,1-3H3,(H,18,21)(H,19,20)/t10-/m0/s1. The van der Waals surface area contributed by atoms with Crippen molar-refractivity contribution < 1.29 is 13.6 Å². The number of benzene rings is 1. The van der Waals surface area contributed by atoms with Gasteiger partial charge in [-0.25, -0.2) is 8.78 Å². The second kappa shape index (κ2) is 6.91. The van der Waals surface area contributed by atoms with E-state index >= 15 is 0 Å². The largest absolute Gasteiger partial charge is 0.322 e. The zero-order valence-electron chi connectivity index (χ0n) is 12.5. The number of nitrogens with zero attached hydrogens (tertiary/aromatic N) is 1. The first kappa shape index (κ1) is 16.5. The van der Waals surface area contributed by atoms with Gasteiger partial charge in [0.05, 0.1) is 22.8 Å². The van der Waals surface area contributed by atoms with Gasteiger partial charge >= 0.3 is 0 Å². The molecule has 22 heavy (non-hydrogen) atoms. The highest BCUT2D eigenvalue weighted by atomic mass is 32.2. The van der Waals surface area contributed by atoms with Crippen molar-refractivity contribution in [1.82, 2.24) is 10.2 Å². The molecule has 0 radical (unpaired) electrons. The number of aromatic amines is 1. The van der Waals surface area contributed by atoms with E-state index in [1.54, 1.807) is 13.8 Å². The number of hydrogen-bond donors (Lipinski definition) is 2. The Bertz CT molecular complexity index is 668. The molecule has 7 heteroatoms. The van der Waals surface area contributed by atoms with E-state index in [4.69, 9.17) is 0 Å². The Morgan fingerprint density at radius 2 is 2.14 bits per heavy atom. The molecule has 0 unspecified atom stereocenters. The molecule has 4 nitrogen and oxygen atoms in total. The number of carbonyl (C=O) groups excluding carboxylic acids is 1. The topological polar surface area (TPSA) is 57.8 Å². The summed E-state index contributed by atoms with van der Waals surface area (Å²) < 4.78 is 26.8. The smallest absolute Gasteiger partial charge is 0.234 e. The van der Waals surface area contributed by atoms with Crippen LogP contribution in [0.4, 0.5) is 14.5 Å². The number of amides is 1. The van der Waals surface area contributed by atoms with E-state index in [9.17, 15) is 13.6 Å². The predicted molar refractivity (Wildman–Crippen MR) is 83.9 cm³/mol. The lowest BCUT2D eigenvalue weighted by Gasteiger charge is -2.13. The van der Waals surface area contributed by atoms with Gasteiger partial charge in [-0.15, -0.1) is 11.8 Å². The summed E-state index contributed by atoms with van der Waals surface area (Å²) in [6.07, 6.45) is 0. The van der Waals surface area contributed by atoms with Gasteiger partial charge in [0.1, 0.15) is 11.6 Å². The number of halogens is 2. The van der Waals surface area contributed by atoms with E-state index in [0.717, 1.165) is 23.9 Å². The molecule has 0 spiro atoms. The molecule has 1 amide bonds. The Labute approximate surface area is 131 Å². The van der Waals surface area contributed by atoms with Crippen molar-refractivity contribution in [3.63, 3.8) is 0 Å². The number of carbonyl (C=O) groups is 1. The summed E-state index contributed by atoms with van der Waals surface area (Å²) in [5.41, 5.74) is 2.41. The van der Waals surface area contributed by atoms with Crippen molar-refractivity contribution in [1.29, 1.82) is 0 Å². The van der Waals surface area contributed by atoms with Crippen LogP contribution in [0.3, 0.4) is 0 Å². The molecule has 0 aliphatic carbocycles. The molecule has 1 atom stereocenters. The number of rotatable bonds is 5. The molecule has 118 valence electrons. The first-order valence-electron chi connectivity index (χ1n) is 6.76. The van der Waals surface area contributed by atoms with Gasteiger partial charge in [-0.05, 0) is 39.0 Å². The van der Waals surface area contributed by atoms with Gasteiger partial charge < -0.3 is 5.32 Å². The van der Waals surface area contributed by atoms with Crippen molar-refractivity contribution >= 4 is 23.4 Å². The molecule has 0 bridgehead atoms. The average molecular weight is 325 g/mol. The monoisotopic (exact) mass is 325 g/mol. The van der Waals surface area contributed by atoms with Crippen molar-refractivity contribution in [2.75, 3.05) is 11.1 Å². The number of thioether (sulfide) groups is 1. The van der Waals surface area contributed by atoms with Crippen LogP contribution in [0.1, 0.15) is 29.1 Å². The fourth-order valence-corrected chi connectivity index (χ4v) is 2.86. The molecule has 2 rings (SSSR count). The van der Waals surface area contributed by atoms with Gasteiger partial charge in [0.15, 0.2) is 0 Å². The van der Waals surface area contributed by atoms with Crippen LogP contribution < -0.4 is 5.32 Å². The van der Waals surface area contributed by atoms with Crippen LogP contribution in [0, 0.1) is 25.5 Å². The Morgan fingerprint density at radius 3 is 2.77 bits per heavy atom. The van der Waals surface area contributed by atoms with Crippen molar-refractivity contribution in [3.05, 3.63) is 46.8 Å². The number of aromatic nitrogens is 2. The summed E-state index contributed by atoms with van der Waals surface area (Å²) in [5.74, 6) is -1.02. The molecule has 0 saturated carbocycles. The van der Waals surface area contributed by atoms with Crippen LogP contribution in [0.2, 0.25) is 0 Å². The van der Waals surface area contributed by atoms with Crippen molar-refractivity contribution in [2.24, 2.45) is 0 Å². The first-order chi connectivity index (χ1) is 10.4. The Balaban J connectivity index is 1.95. The van der Waals surface area contributed by atoms with Crippen LogP contribution in [0.5, 0.6) is 0 Å². The zero-order chi connectivity index (χ0) is 16.3. The summed E-state index contributed by atoms with van der Waals surface area (Å²) in [7, 11) is 0. The lowest BCUT2D eigenvalue weighted by molar-refractivity contribution is -0.113. The van der Waals surface area contributed by atoms with Crippen molar-refractivity contribution in [2.45, 2.75) is 26.0 Å². The van der Waals surface area contributed by atoms with E-state index in [1.165, 1.54) is 11.8 Å². The second-order valence-corrected chi connectivity index (χ2v) is 6.31. The Hall–Kier alpha value is -1.89. The van der Waals surface area contributed by atoms with E-state index in [2.05, 4.69) is 15.5 Å². The minimum Gasteiger partial charge on any atom is -0.322 e. The van der Waals surface area contributed by atoms with Gasteiger partial charge in [-0.2, -0.15) is 5.10 Å². The van der Waals surface area contributed by atoms with Gasteiger partial charge in [-0.1, -0.05) is 0 Å². The third-order valence-corrected chi connectivity index (χ3v) is 4.44. The zero-order valence-corrected chi connectivity index (χ0v) is 13.4. The highest BCUT2D eigenvalue weighted by Gasteiger charge is 2.15. The molecule has 2 N–H and O–H groups in total. The van der Waals surface area contributed by atoms with Crippen LogP contribution >= 0.6 is 11.8 Å². The molecule has 1 aromatic carbocycles. The number of aryl methyl sites for hydroxylation is 2. The molecule has 1 aromatic heterocycles. The van der Waals surface area contributed by atoms with E-state index < -0.39 is 11.6 Å². The molecule has 2 aromatic rings. The number of anilines is 1. The minimum atomic E-state index is -0.488. The summed E-state index contributed by atoms with van der Waals surface area (Å²) in [4.78, 5) is 12.0. The molecule has 0 saturated heterocycles. The summed E-state index contributed by atoms with van der Waals surface area (Å²) in [6, 6.07) is 3.34. The quantitative estimate of drug-likeness (QED) is 0.880. The average Bonchev–Trinajstić information content (AvgIpc) is 2.79. The van der Waals surface area contributed by atoms with Gasteiger partial charge in [0.2, 0.25) is 5.91 Å². The second-order valence-electron chi connectivity index (χ2n) is 4.98. The minimum absolute atomic E-state index is 0.140. The molecule has 0 aliphatic rings. The maximum Gasteiger partial charge on any atom is 0.234 e. The molecular formula is C15H17F2N3OS. The maximum absolute atomic E-state index is 13.7. The van der Waals surface area contributed by atoms with Gasteiger partial charge in [-0.3, -0.25) is 9.89 Å². The summed E-state index contributed by atoms with van der Waals surface area (Å²) in [6.45, 7) is 5.34. The maximum atomic E-state index is 13.7. The van der Waals surface area contributed by atoms with E-state index in [1.807, 2.05) is 6.92 Å². The van der Waals surface area contributed by atoms with Crippen LogP contribution in [0.25, 0.3) is 0 Å². The molecule has 1 heterocycles. The van der Waals surface area contributed by atoms with Gasteiger partial charge in [0, 0.05) is 10.8 Å². The lowest BCUT2D eigenvalue weighted by atomic mass is 10.1. The van der Waals surface area contributed by atoms with Crippen LogP contribution in [-0.2, 0) is 4.79 Å². The van der Waals surface area contributed by atoms with Gasteiger partial charge in [0.25, 0.3) is 0 Å². The number of nitrogens with one attached hydrogen (secondary N) is 2. The molecule has 0 fully saturated rings. The predicted octanol–water partition coefficient (Wildman–Crippen LogP) is 3.74. The first-order valence-corrected chi connectivity index (χ1v) is 7.81. The fraction of sp³-hybridized carbons (Fsp3) is 0.333. The van der Waals surface area contributed by atoms with E-state index in [0.29, 0.717) is 11.4 Å². The van der Waals surface area contributed by atoms with E-state index in [-0.39, 0.29) is 22.5 Å². The SMILES string of the molecule is Cc1n[nH]c(C)c1NC(=O)CS[C@@H](C)c1cc(F)ccc1F. The third kappa shape index (κ3) is 3.85. The number of hydrogen-bond acceptors (Lipinski definition) is 3. The van der Waals surface area contributed by atoms with Crippen molar-refractivity contribution in [3.8, 4) is 0 Å². The van der Waals surface area contributed by atoms with Crippen LogP contribution in [0.15, 0.2) is 18.2 Å². The molecular weight excluding hydrogens is 308 g/mol. The van der Waals surface area contributed by atoms with Crippen LogP contribution in [-0.4, -0.2) is 21.9 Å². The highest BCUT2D eigenvalue weighted by Crippen LogP contribution is 2.30. The fourth-order valence-electron chi connectivity index (χ4n) is 2.03. The third-order valence-electron chi connectivity index (χ3n) is 3.25. The number of H-pyrrole nitrogens is 1. The summed E-state index contributed by atoms with van der Waals surface area (Å²) in [5, 5.41) is 9.22.